The molecule has 0 aliphatic heterocycles. The summed E-state index contributed by atoms with van der Waals surface area (Å²) in [7, 11) is 0. The molecule has 0 bridgehead atoms. The lowest BCUT2D eigenvalue weighted by molar-refractivity contribution is 0.251. The molecule has 3 N–H and O–H groups in total. The molecule has 1 heterocycles. The van der Waals surface area contributed by atoms with Crippen LogP contribution in [0.15, 0.2) is 24.3 Å². The minimum atomic E-state index is -0.385. The molecule has 0 aliphatic rings. The maximum Gasteiger partial charge on any atom is 0.319 e. The van der Waals surface area contributed by atoms with Crippen molar-refractivity contribution in [2.45, 2.75) is 6.54 Å². The highest BCUT2D eigenvalue weighted by molar-refractivity contribution is 5.89. The van der Waals surface area contributed by atoms with Crippen LogP contribution in [0, 0.1) is 11.3 Å². The van der Waals surface area contributed by atoms with Crippen molar-refractivity contribution in [1.82, 2.24) is 25.9 Å². The Morgan fingerprint density at radius 2 is 2.17 bits per heavy atom. The van der Waals surface area contributed by atoms with E-state index in [2.05, 4.69) is 31.3 Å². The van der Waals surface area contributed by atoms with Gasteiger partial charge in [0.1, 0.15) is 0 Å². The Labute approximate surface area is 102 Å². The number of benzene rings is 1. The number of tetrazole rings is 1. The van der Waals surface area contributed by atoms with Crippen molar-refractivity contribution in [3.05, 3.63) is 35.7 Å². The number of H-pyrrole nitrogens is 1. The van der Waals surface area contributed by atoms with Gasteiger partial charge in [0.2, 0.25) is 0 Å². The molecule has 18 heavy (non-hydrogen) atoms. The number of carbonyl (C=O) groups is 1. The van der Waals surface area contributed by atoms with Crippen LogP contribution in [0.1, 0.15) is 11.4 Å². The van der Waals surface area contributed by atoms with E-state index in [9.17, 15) is 4.79 Å². The summed E-state index contributed by atoms with van der Waals surface area (Å²) in [5.74, 6) is 0.393. The summed E-state index contributed by atoms with van der Waals surface area (Å²) in [6, 6.07) is 8.14. The molecule has 1 aromatic heterocycles. The fourth-order valence-corrected chi connectivity index (χ4v) is 1.22. The number of rotatable bonds is 3. The smallest absolute Gasteiger partial charge is 0.319 e. The minimum Gasteiger partial charge on any atom is -0.330 e. The number of nitrogens with one attached hydrogen (secondary N) is 3. The van der Waals surface area contributed by atoms with Gasteiger partial charge in [-0.3, -0.25) is 0 Å². The van der Waals surface area contributed by atoms with E-state index < -0.39 is 0 Å². The monoisotopic (exact) mass is 243 g/mol. The van der Waals surface area contributed by atoms with Gasteiger partial charge in [-0.2, -0.15) is 10.5 Å². The molecule has 0 unspecified atom stereocenters. The first-order valence-corrected chi connectivity index (χ1v) is 5.05. The number of anilines is 1. The van der Waals surface area contributed by atoms with Crippen LogP contribution in [0.3, 0.4) is 0 Å². The Kier molecular flexibility index (Phi) is 3.46. The molecule has 0 saturated carbocycles. The van der Waals surface area contributed by atoms with Gasteiger partial charge in [0.05, 0.1) is 18.2 Å². The third-order valence-corrected chi connectivity index (χ3v) is 2.07. The number of hydrogen-bond donors (Lipinski definition) is 3. The zero-order valence-electron chi connectivity index (χ0n) is 9.21. The molecule has 8 nitrogen and oxygen atoms in total. The Bertz CT molecular complexity index is 555. The summed E-state index contributed by atoms with van der Waals surface area (Å²) in [5.41, 5.74) is 1.13. The SMILES string of the molecule is N#Cc1ccc(NC(=O)NCc2nn[nH]n2)cc1. The Balaban J connectivity index is 1.85. The van der Waals surface area contributed by atoms with Crippen LogP contribution in [0.4, 0.5) is 10.5 Å². The van der Waals surface area contributed by atoms with E-state index in [1.807, 2.05) is 6.07 Å². The molecular weight excluding hydrogens is 234 g/mol. The van der Waals surface area contributed by atoms with E-state index in [0.717, 1.165) is 0 Å². The number of nitrogens with zero attached hydrogens (tertiary/aromatic N) is 4. The summed E-state index contributed by atoms with van der Waals surface area (Å²) in [6.45, 7) is 0.179. The van der Waals surface area contributed by atoms with Crippen LogP contribution >= 0.6 is 0 Å². The molecule has 0 fully saturated rings. The van der Waals surface area contributed by atoms with Crippen molar-refractivity contribution < 1.29 is 4.79 Å². The summed E-state index contributed by atoms with van der Waals surface area (Å²) < 4.78 is 0. The van der Waals surface area contributed by atoms with Gasteiger partial charge in [0.15, 0.2) is 5.82 Å². The van der Waals surface area contributed by atoms with E-state index >= 15 is 0 Å². The second kappa shape index (κ2) is 5.40. The lowest BCUT2D eigenvalue weighted by Gasteiger charge is -2.05. The number of aromatic nitrogens is 4. The van der Waals surface area contributed by atoms with E-state index in [0.29, 0.717) is 17.1 Å². The van der Waals surface area contributed by atoms with Gasteiger partial charge in [-0.1, -0.05) is 5.21 Å². The van der Waals surface area contributed by atoms with Gasteiger partial charge >= 0.3 is 6.03 Å². The Morgan fingerprint density at radius 3 is 2.78 bits per heavy atom. The van der Waals surface area contributed by atoms with Gasteiger partial charge in [0.25, 0.3) is 0 Å². The first-order chi connectivity index (χ1) is 8.78. The highest BCUT2D eigenvalue weighted by Gasteiger charge is 2.03. The summed E-state index contributed by atoms with van der Waals surface area (Å²) >= 11 is 0. The van der Waals surface area contributed by atoms with Crippen molar-refractivity contribution in [2.24, 2.45) is 0 Å². The molecule has 1 aromatic carbocycles. The maximum absolute atomic E-state index is 11.5. The van der Waals surface area contributed by atoms with E-state index in [-0.39, 0.29) is 12.6 Å². The average molecular weight is 243 g/mol. The Morgan fingerprint density at radius 1 is 1.39 bits per heavy atom. The fraction of sp³-hybridized carbons (Fsp3) is 0.100. The van der Waals surface area contributed by atoms with Crippen LogP contribution in [-0.2, 0) is 6.54 Å². The third kappa shape index (κ3) is 3.02. The normalized spacial score (nSPS) is 9.50. The molecule has 8 heteroatoms. The first kappa shape index (κ1) is 11.5. The van der Waals surface area contributed by atoms with Crippen molar-refractivity contribution in [2.75, 3.05) is 5.32 Å². The van der Waals surface area contributed by atoms with E-state index in [1.165, 1.54) is 0 Å². The molecule has 2 aromatic rings. The standard InChI is InChI=1S/C10H9N7O/c11-5-7-1-3-8(4-2-7)13-10(18)12-6-9-14-16-17-15-9/h1-4H,6H2,(H2,12,13,18)(H,14,15,16,17). The largest absolute Gasteiger partial charge is 0.330 e. The highest BCUT2D eigenvalue weighted by atomic mass is 16.2. The molecule has 0 atom stereocenters. The molecule has 0 spiro atoms. The predicted molar refractivity (Wildman–Crippen MR) is 61.2 cm³/mol. The number of urea groups is 1. The van der Waals surface area contributed by atoms with Crippen molar-refractivity contribution in [3.8, 4) is 6.07 Å². The summed E-state index contributed by atoms with van der Waals surface area (Å²) in [6.07, 6.45) is 0. The zero-order valence-corrected chi connectivity index (χ0v) is 9.21. The number of hydrogen-bond acceptors (Lipinski definition) is 5. The van der Waals surface area contributed by atoms with Crippen LogP contribution in [-0.4, -0.2) is 26.7 Å². The topological polar surface area (TPSA) is 119 Å². The minimum absolute atomic E-state index is 0.179. The molecule has 90 valence electrons. The van der Waals surface area contributed by atoms with Crippen molar-refractivity contribution in [1.29, 1.82) is 5.26 Å². The van der Waals surface area contributed by atoms with E-state index in [4.69, 9.17) is 5.26 Å². The highest BCUT2D eigenvalue weighted by Crippen LogP contribution is 2.08. The van der Waals surface area contributed by atoms with Crippen LogP contribution in [0.2, 0.25) is 0 Å². The van der Waals surface area contributed by atoms with Gasteiger partial charge in [-0.15, -0.1) is 10.2 Å². The second-order valence-corrected chi connectivity index (χ2v) is 3.32. The fourth-order valence-electron chi connectivity index (χ4n) is 1.22. The predicted octanol–water partition coefficient (Wildman–Crippen LogP) is 0.393. The van der Waals surface area contributed by atoms with Gasteiger partial charge in [0, 0.05) is 5.69 Å². The molecule has 0 saturated heterocycles. The Hall–Kier alpha value is -2.95. The quantitative estimate of drug-likeness (QED) is 0.720. The number of carbonyl (C=O) groups excluding carboxylic acids is 1. The third-order valence-electron chi connectivity index (χ3n) is 2.07. The lowest BCUT2D eigenvalue weighted by atomic mass is 10.2. The summed E-state index contributed by atoms with van der Waals surface area (Å²) in [4.78, 5) is 11.5. The lowest BCUT2D eigenvalue weighted by Crippen LogP contribution is -2.28. The number of nitriles is 1. The molecule has 0 aliphatic carbocycles. The van der Waals surface area contributed by atoms with Crippen molar-refractivity contribution >= 4 is 11.7 Å². The average Bonchev–Trinajstić information content (AvgIpc) is 2.90. The number of amides is 2. The van der Waals surface area contributed by atoms with Gasteiger partial charge < -0.3 is 10.6 Å². The van der Waals surface area contributed by atoms with Gasteiger partial charge in [-0.05, 0) is 24.3 Å². The van der Waals surface area contributed by atoms with Gasteiger partial charge in [-0.25, -0.2) is 4.79 Å². The van der Waals surface area contributed by atoms with Crippen molar-refractivity contribution in [3.63, 3.8) is 0 Å². The summed E-state index contributed by atoms with van der Waals surface area (Å²) in [5, 5.41) is 26.8. The first-order valence-electron chi connectivity index (χ1n) is 5.05. The van der Waals surface area contributed by atoms with Crippen LogP contribution in [0.25, 0.3) is 0 Å². The van der Waals surface area contributed by atoms with E-state index in [1.54, 1.807) is 24.3 Å². The van der Waals surface area contributed by atoms with Crippen LogP contribution in [0.5, 0.6) is 0 Å². The molecule has 2 amide bonds. The molecule has 0 radical (unpaired) electrons. The molecule has 2 rings (SSSR count). The number of aromatic amines is 1. The van der Waals surface area contributed by atoms with Crippen LogP contribution < -0.4 is 10.6 Å². The zero-order chi connectivity index (χ0) is 12.8. The second-order valence-electron chi connectivity index (χ2n) is 3.32. The maximum atomic E-state index is 11.5. The molecular formula is C10H9N7O.